The number of hydrogen-bond acceptors (Lipinski definition) is 2. The van der Waals surface area contributed by atoms with Crippen LogP contribution in [0, 0.1) is 0 Å². The minimum atomic E-state index is 0.636. The highest BCUT2D eigenvalue weighted by Crippen LogP contribution is 2.06. The van der Waals surface area contributed by atoms with Gasteiger partial charge in [0.25, 0.3) is 0 Å². The maximum atomic E-state index is 5.39. The molecular formula is C9H20N2. The SMILES string of the molecule is C=C(CN)CCCCCCN. The summed E-state index contributed by atoms with van der Waals surface area (Å²) in [5.41, 5.74) is 11.9. The minimum Gasteiger partial charge on any atom is -0.330 e. The van der Waals surface area contributed by atoms with E-state index in [2.05, 4.69) is 6.58 Å². The van der Waals surface area contributed by atoms with Crippen LogP contribution in [0.3, 0.4) is 0 Å². The summed E-state index contributed by atoms with van der Waals surface area (Å²) >= 11 is 0. The third-order valence-electron chi connectivity index (χ3n) is 1.77. The highest BCUT2D eigenvalue weighted by atomic mass is 14.5. The normalized spacial score (nSPS) is 10.0. The summed E-state index contributed by atoms with van der Waals surface area (Å²) in [6.45, 7) is 5.29. The van der Waals surface area contributed by atoms with Crippen molar-refractivity contribution in [3.05, 3.63) is 12.2 Å². The molecular weight excluding hydrogens is 136 g/mol. The zero-order valence-corrected chi connectivity index (χ0v) is 7.31. The second kappa shape index (κ2) is 7.76. The Morgan fingerprint density at radius 2 is 1.64 bits per heavy atom. The van der Waals surface area contributed by atoms with Gasteiger partial charge in [0.1, 0.15) is 0 Å². The maximum absolute atomic E-state index is 5.39. The first-order chi connectivity index (χ1) is 5.31. The lowest BCUT2D eigenvalue weighted by Crippen LogP contribution is -2.02. The Kier molecular flexibility index (Phi) is 7.52. The van der Waals surface area contributed by atoms with Gasteiger partial charge in [-0.2, -0.15) is 0 Å². The Morgan fingerprint density at radius 3 is 2.18 bits per heavy atom. The van der Waals surface area contributed by atoms with Crippen LogP contribution in [0.2, 0.25) is 0 Å². The van der Waals surface area contributed by atoms with Crippen LogP contribution >= 0.6 is 0 Å². The van der Waals surface area contributed by atoms with Crippen molar-refractivity contribution in [1.29, 1.82) is 0 Å². The number of unbranched alkanes of at least 4 members (excludes halogenated alkanes) is 3. The van der Waals surface area contributed by atoms with Gasteiger partial charge in [0, 0.05) is 6.54 Å². The van der Waals surface area contributed by atoms with Gasteiger partial charge in [0.2, 0.25) is 0 Å². The molecule has 0 atom stereocenters. The predicted molar refractivity (Wildman–Crippen MR) is 50.3 cm³/mol. The highest BCUT2D eigenvalue weighted by molar-refractivity contribution is 4.94. The molecule has 0 rings (SSSR count). The van der Waals surface area contributed by atoms with Crippen LogP contribution in [-0.4, -0.2) is 13.1 Å². The molecule has 66 valence electrons. The molecule has 0 aliphatic rings. The molecule has 0 aromatic rings. The van der Waals surface area contributed by atoms with Crippen molar-refractivity contribution in [2.24, 2.45) is 11.5 Å². The van der Waals surface area contributed by atoms with E-state index in [1.807, 2.05) is 0 Å². The predicted octanol–water partition coefficient (Wildman–Crippen LogP) is 1.41. The lowest BCUT2D eigenvalue weighted by molar-refractivity contribution is 0.642. The molecule has 0 fully saturated rings. The molecule has 0 radical (unpaired) electrons. The molecule has 4 N–H and O–H groups in total. The van der Waals surface area contributed by atoms with Crippen LogP contribution in [0.15, 0.2) is 12.2 Å². The van der Waals surface area contributed by atoms with E-state index >= 15 is 0 Å². The van der Waals surface area contributed by atoms with E-state index in [9.17, 15) is 0 Å². The number of rotatable bonds is 7. The summed E-state index contributed by atoms with van der Waals surface area (Å²) in [5, 5.41) is 0. The van der Waals surface area contributed by atoms with Crippen LogP contribution in [0.5, 0.6) is 0 Å². The van der Waals surface area contributed by atoms with E-state index in [1.165, 1.54) is 19.3 Å². The summed E-state index contributed by atoms with van der Waals surface area (Å²) < 4.78 is 0. The third kappa shape index (κ3) is 7.56. The zero-order chi connectivity index (χ0) is 8.53. The standard InChI is InChI=1S/C9H20N2/c1-9(8-11)6-4-2-3-5-7-10/h1-8,10-11H2. The number of nitrogens with two attached hydrogens (primary N) is 2. The quantitative estimate of drug-likeness (QED) is 0.432. The lowest BCUT2D eigenvalue weighted by atomic mass is 10.1. The molecule has 0 heterocycles. The van der Waals surface area contributed by atoms with Gasteiger partial charge in [-0.3, -0.25) is 0 Å². The topological polar surface area (TPSA) is 52.0 Å². The van der Waals surface area contributed by atoms with Crippen LogP contribution in [-0.2, 0) is 0 Å². The molecule has 0 amide bonds. The Bertz CT molecular complexity index is 99.7. The second-order valence-electron chi connectivity index (χ2n) is 2.91. The minimum absolute atomic E-state index is 0.636. The fourth-order valence-corrected chi connectivity index (χ4v) is 0.975. The zero-order valence-electron chi connectivity index (χ0n) is 7.31. The first kappa shape index (κ1) is 10.7. The third-order valence-corrected chi connectivity index (χ3v) is 1.77. The van der Waals surface area contributed by atoms with Gasteiger partial charge in [-0.25, -0.2) is 0 Å². The average Bonchev–Trinajstić information content (AvgIpc) is 2.04. The summed E-state index contributed by atoms with van der Waals surface area (Å²) in [6.07, 6.45) is 5.96. The van der Waals surface area contributed by atoms with Crippen LogP contribution in [0.25, 0.3) is 0 Å². The summed E-state index contributed by atoms with van der Waals surface area (Å²) in [6, 6.07) is 0. The van der Waals surface area contributed by atoms with E-state index in [1.54, 1.807) is 0 Å². The Hall–Kier alpha value is -0.340. The Labute approximate surface area is 69.6 Å². The van der Waals surface area contributed by atoms with Gasteiger partial charge in [-0.15, -0.1) is 0 Å². The molecule has 0 spiro atoms. The van der Waals surface area contributed by atoms with Gasteiger partial charge in [-0.05, 0) is 25.8 Å². The molecule has 0 aliphatic heterocycles. The second-order valence-corrected chi connectivity index (χ2v) is 2.91. The van der Waals surface area contributed by atoms with E-state index in [4.69, 9.17) is 11.5 Å². The molecule has 0 aliphatic carbocycles. The summed E-state index contributed by atoms with van der Waals surface area (Å²) in [4.78, 5) is 0. The van der Waals surface area contributed by atoms with Crippen molar-refractivity contribution in [3.8, 4) is 0 Å². The molecule has 0 aromatic carbocycles. The molecule has 0 saturated carbocycles. The highest BCUT2D eigenvalue weighted by Gasteiger charge is 1.91. The Morgan fingerprint density at radius 1 is 1.00 bits per heavy atom. The van der Waals surface area contributed by atoms with Crippen molar-refractivity contribution in [3.63, 3.8) is 0 Å². The smallest absolute Gasteiger partial charge is 0.0134 e. The molecule has 0 bridgehead atoms. The van der Waals surface area contributed by atoms with Crippen LogP contribution < -0.4 is 11.5 Å². The summed E-state index contributed by atoms with van der Waals surface area (Å²) in [5.74, 6) is 0. The molecule has 0 saturated heterocycles. The largest absolute Gasteiger partial charge is 0.330 e. The van der Waals surface area contributed by atoms with Gasteiger partial charge in [-0.1, -0.05) is 25.0 Å². The van der Waals surface area contributed by atoms with E-state index in [-0.39, 0.29) is 0 Å². The van der Waals surface area contributed by atoms with E-state index in [0.717, 1.165) is 25.0 Å². The molecule has 11 heavy (non-hydrogen) atoms. The average molecular weight is 156 g/mol. The monoisotopic (exact) mass is 156 g/mol. The molecule has 0 unspecified atom stereocenters. The van der Waals surface area contributed by atoms with Gasteiger partial charge in [0.05, 0.1) is 0 Å². The van der Waals surface area contributed by atoms with Crippen LogP contribution in [0.4, 0.5) is 0 Å². The first-order valence-corrected chi connectivity index (χ1v) is 4.38. The van der Waals surface area contributed by atoms with Gasteiger partial charge >= 0.3 is 0 Å². The van der Waals surface area contributed by atoms with Crippen LogP contribution in [0.1, 0.15) is 32.1 Å². The van der Waals surface area contributed by atoms with Crippen molar-refractivity contribution in [2.45, 2.75) is 32.1 Å². The first-order valence-electron chi connectivity index (χ1n) is 4.38. The lowest BCUT2D eigenvalue weighted by Gasteiger charge is -2.01. The van der Waals surface area contributed by atoms with E-state index in [0.29, 0.717) is 6.54 Å². The van der Waals surface area contributed by atoms with Gasteiger partial charge in [0.15, 0.2) is 0 Å². The fourth-order valence-electron chi connectivity index (χ4n) is 0.975. The van der Waals surface area contributed by atoms with Crippen molar-refractivity contribution < 1.29 is 0 Å². The number of hydrogen-bond donors (Lipinski definition) is 2. The molecule has 2 heteroatoms. The summed E-state index contributed by atoms with van der Waals surface area (Å²) in [7, 11) is 0. The van der Waals surface area contributed by atoms with Crippen molar-refractivity contribution in [1.82, 2.24) is 0 Å². The van der Waals surface area contributed by atoms with Crippen molar-refractivity contribution >= 4 is 0 Å². The molecule has 0 aromatic heterocycles. The Balaban J connectivity index is 2.95. The molecule has 2 nitrogen and oxygen atoms in total. The van der Waals surface area contributed by atoms with Gasteiger partial charge < -0.3 is 11.5 Å². The van der Waals surface area contributed by atoms with Crippen molar-refractivity contribution in [2.75, 3.05) is 13.1 Å². The van der Waals surface area contributed by atoms with E-state index < -0.39 is 0 Å². The maximum Gasteiger partial charge on any atom is 0.0134 e. The fraction of sp³-hybridized carbons (Fsp3) is 0.778.